The van der Waals surface area contributed by atoms with E-state index in [1.165, 1.54) is 18.2 Å². The maximum atomic E-state index is 10.7. The SMILES string of the molecule is O=C([O-])/C=C/c1ccc([N+](=O)[O-])c(/C=C/C(=O)[O-])c1. The van der Waals surface area contributed by atoms with Gasteiger partial charge in [-0.1, -0.05) is 6.08 Å². The quantitative estimate of drug-likeness (QED) is 0.385. The fourth-order valence-corrected chi connectivity index (χ4v) is 1.30. The standard InChI is InChI=1S/C12H9NO6/c14-11(15)5-2-8-1-4-10(13(18)19)9(7-8)3-6-12(16)17/h1-7H,(H,14,15)(H,16,17)/p-2/b5-2+,6-3+. The molecule has 19 heavy (non-hydrogen) atoms. The van der Waals surface area contributed by atoms with Crippen molar-refractivity contribution >= 4 is 29.8 Å². The molecule has 0 amide bonds. The van der Waals surface area contributed by atoms with Crippen LogP contribution in [0, 0.1) is 10.1 Å². The van der Waals surface area contributed by atoms with Crippen molar-refractivity contribution in [1.82, 2.24) is 0 Å². The van der Waals surface area contributed by atoms with E-state index in [0.29, 0.717) is 11.6 Å². The molecule has 7 heteroatoms. The number of benzene rings is 1. The zero-order chi connectivity index (χ0) is 14.4. The smallest absolute Gasteiger partial charge is 0.276 e. The lowest BCUT2D eigenvalue weighted by Gasteiger charge is -2.01. The summed E-state index contributed by atoms with van der Waals surface area (Å²) in [4.78, 5) is 30.6. The summed E-state index contributed by atoms with van der Waals surface area (Å²) in [5.74, 6) is -2.91. The van der Waals surface area contributed by atoms with E-state index < -0.39 is 16.9 Å². The molecule has 0 saturated heterocycles. The third kappa shape index (κ3) is 4.43. The minimum atomic E-state index is -1.50. The van der Waals surface area contributed by atoms with Crippen LogP contribution in [0.2, 0.25) is 0 Å². The van der Waals surface area contributed by atoms with Gasteiger partial charge in [0.15, 0.2) is 0 Å². The summed E-state index contributed by atoms with van der Waals surface area (Å²) in [5.41, 5.74) is 0.0746. The summed E-state index contributed by atoms with van der Waals surface area (Å²) in [6.45, 7) is 0. The average Bonchev–Trinajstić information content (AvgIpc) is 2.33. The molecule has 98 valence electrons. The van der Waals surface area contributed by atoms with Gasteiger partial charge < -0.3 is 19.8 Å². The number of carbonyl (C=O) groups excluding carboxylic acids is 2. The predicted molar refractivity (Wildman–Crippen MR) is 61.2 cm³/mol. The van der Waals surface area contributed by atoms with E-state index in [0.717, 1.165) is 18.2 Å². The van der Waals surface area contributed by atoms with Crippen molar-refractivity contribution < 1.29 is 24.7 Å². The highest BCUT2D eigenvalue weighted by atomic mass is 16.6. The third-order valence-electron chi connectivity index (χ3n) is 2.06. The summed E-state index contributed by atoms with van der Waals surface area (Å²) < 4.78 is 0. The molecule has 0 unspecified atom stereocenters. The Morgan fingerprint density at radius 2 is 1.63 bits per heavy atom. The van der Waals surface area contributed by atoms with Crippen molar-refractivity contribution in [3.8, 4) is 0 Å². The molecule has 0 aliphatic heterocycles. The van der Waals surface area contributed by atoms with Gasteiger partial charge in [-0.15, -0.1) is 0 Å². The minimum absolute atomic E-state index is 0.0229. The van der Waals surface area contributed by atoms with Crippen molar-refractivity contribution in [2.24, 2.45) is 0 Å². The van der Waals surface area contributed by atoms with Gasteiger partial charge in [0.25, 0.3) is 5.69 Å². The maximum absolute atomic E-state index is 10.7. The van der Waals surface area contributed by atoms with Crippen LogP contribution in [0.15, 0.2) is 30.4 Å². The van der Waals surface area contributed by atoms with E-state index in [-0.39, 0.29) is 11.3 Å². The number of nitro benzene ring substituents is 1. The second kappa shape index (κ2) is 6.10. The van der Waals surface area contributed by atoms with Gasteiger partial charge in [0, 0.05) is 6.07 Å². The number of aliphatic carboxylic acids is 2. The van der Waals surface area contributed by atoms with E-state index in [2.05, 4.69) is 0 Å². The molecule has 0 saturated carbocycles. The third-order valence-corrected chi connectivity index (χ3v) is 2.06. The summed E-state index contributed by atoms with van der Waals surface area (Å²) in [7, 11) is 0. The zero-order valence-corrected chi connectivity index (χ0v) is 9.44. The Morgan fingerprint density at radius 1 is 1.05 bits per heavy atom. The van der Waals surface area contributed by atoms with E-state index in [1.54, 1.807) is 0 Å². The lowest BCUT2D eigenvalue weighted by atomic mass is 10.1. The molecule has 0 aliphatic carbocycles. The number of nitro groups is 1. The molecule has 1 rings (SSSR count). The molecule has 0 aromatic heterocycles. The first-order valence-electron chi connectivity index (χ1n) is 4.96. The normalized spacial score (nSPS) is 10.9. The lowest BCUT2D eigenvalue weighted by molar-refractivity contribution is -0.385. The molecule has 1 aromatic rings. The summed E-state index contributed by atoms with van der Waals surface area (Å²) in [5, 5.41) is 31.3. The minimum Gasteiger partial charge on any atom is -0.545 e. The molecule has 0 N–H and O–H groups in total. The van der Waals surface area contributed by atoms with Gasteiger partial charge in [0.05, 0.1) is 22.4 Å². The lowest BCUT2D eigenvalue weighted by Crippen LogP contribution is -2.18. The van der Waals surface area contributed by atoms with Gasteiger partial charge in [-0.25, -0.2) is 0 Å². The van der Waals surface area contributed by atoms with E-state index >= 15 is 0 Å². The molecular formula is C12H7NO6-2. The second-order valence-electron chi connectivity index (χ2n) is 3.38. The Bertz CT molecular complexity index is 588. The van der Waals surface area contributed by atoms with Crippen LogP contribution in [0.1, 0.15) is 11.1 Å². The van der Waals surface area contributed by atoms with Crippen LogP contribution < -0.4 is 10.2 Å². The average molecular weight is 261 g/mol. The highest BCUT2D eigenvalue weighted by Crippen LogP contribution is 2.22. The van der Waals surface area contributed by atoms with Crippen molar-refractivity contribution in [2.75, 3.05) is 0 Å². The van der Waals surface area contributed by atoms with Gasteiger partial charge in [-0.05, 0) is 35.9 Å². The van der Waals surface area contributed by atoms with Crippen molar-refractivity contribution in [3.63, 3.8) is 0 Å². The summed E-state index contributed by atoms with van der Waals surface area (Å²) in [6.07, 6.45) is 3.58. The van der Waals surface area contributed by atoms with Crippen LogP contribution in [0.25, 0.3) is 12.2 Å². The molecule has 0 radical (unpaired) electrons. The number of hydrogen-bond donors (Lipinski definition) is 0. The molecule has 7 nitrogen and oxygen atoms in total. The number of carbonyl (C=O) groups is 2. The Kier molecular flexibility index (Phi) is 4.53. The number of carboxylic acids is 2. The first-order chi connectivity index (χ1) is 8.90. The van der Waals surface area contributed by atoms with Crippen molar-refractivity contribution in [3.05, 3.63) is 51.6 Å². The first kappa shape index (κ1) is 14.1. The summed E-state index contributed by atoms with van der Waals surface area (Å²) in [6, 6.07) is 3.74. The Hall–Kier alpha value is -2.96. The second-order valence-corrected chi connectivity index (χ2v) is 3.38. The van der Waals surface area contributed by atoms with Gasteiger partial charge in [-0.2, -0.15) is 0 Å². The highest BCUT2D eigenvalue weighted by molar-refractivity contribution is 5.86. The number of carboxylic acid groups (broad SMARTS) is 2. The molecule has 0 fully saturated rings. The van der Waals surface area contributed by atoms with Gasteiger partial charge >= 0.3 is 0 Å². The van der Waals surface area contributed by atoms with E-state index in [9.17, 15) is 29.9 Å². The Balaban J connectivity index is 3.21. The molecule has 0 aliphatic rings. The van der Waals surface area contributed by atoms with E-state index in [1.807, 2.05) is 0 Å². The van der Waals surface area contributed by atoms with Gasteiger partial charge in [-0.3, -0.25) is 10.1 Å². The fourth-order valence-electron chi connectivity index (χ4n) is 1.30. The molecule has 0 bridgehead atoms. The van der Waals surface area contributed by atoms with Crippen LogP contribution >= 0.6 is 0 Å². The molecule has 0 heterocycles. The molecule has 0 atom stereocenters. The Labute approximate surface area is 107 Å². The van der Waals surface area contributed by atoms with Crippen molar-refractivity contribution in [1.29, 1.82) is 0 Å². The first-order valence-corrected chi connectivity index (χ1v) is 4.96. The van der Waals surface area contributed by atoms with Crippen LogP contribution in [-0.2, 0) is 9.59 Å². The van der Waals surface area contributed by atoms with Crippen LogP contribution in [0.4, 0.5) is 5.69 Å². The maximum Gasteiger partial charge on any atom is 0.276 e. The van der Waals surface area contributed by atoms with Gasteiger partial charge in [0.2, 0.25) is 0 Å². The summed E-state index contributed by atoms with van der Waals surface area (Å²) >= 11 is 0. The van der Waals surface area contributed by atoms with Gasteiger partial charge in [0.1, 0.15) is 0 Å². The number of rotatable bonds is 5. The van der Waals surface area contributed by atoms with E-state index in [4.69, 9.17) is 0 Å². The molecular weight excluding hydrogens is 254 g/mol. The Morgan fingerprint density at radius 3 is 2.16 bits per heavy atom. The molecule has 0 spiro atoms. The topological polar surface area (TPSA) is 123 Å². The van der Waals surface area contributed by atoms with Crippen LogP contribution in [-0.4, -0.2) is 16.9 Å². The van der Waals surface area contributed by atoms with Crippen LogP contribution in [0.3, 0.4) is 0 Å². The largest absolute Gasteiger partial charge is 0.545 e. The monoisotopic (exact) mass is 261 g/mol. The fraction of sp³-hybridized carbons (Fsp3) is 0. The zero-order valence-electron chi connectivity index (χ0n) is 9.44. The number of nitrogens with zero attached hydrogens (tertiary/aromatic N) is 1. The molecule has 1 aromatic carbocycles. The highest BCUT2D eigenvalue weighted by Gasteiger charge is 2.10. The van der Waals surface area contributed by atoms with Crippen molar-refractivity contribution in [2.45, 2.75) is 0 Å². The van der Waals surface area contributed by atoms with Crippen LogP contribution in [0.5, 0.6) is 0 Å². The predicted octanol–water partition coefficient (Wildman–Crippen LogP) is -0.879. The number of hydrogen-bond acceptors (Lipinski definition) is 6.